The van der Waals surface area contributed by atoms with Crippen molar-refractivity contribution in [1.29, 1.82) is 0 Å². The second kappa shape index (κ2) is 6.92. The summed E-state index contributed by atoms with van der Waals surface area (Å²) in [6.45, 7) is 2.54. The molecule has 0 saturated carbocycles. The van der Waals surface area contributed by atoms with Crippen molar-refractivity contribution in [1.82, 2.24) is 9.97 Å². The highest BCUT2D eigenvalue weighted by molar-refractivity contribution is 6.05. The SMILES string of the molecule is COc1ccccc1OC(C)CNc1ncnc2c1oc1ccccc12. The lowest BCUT2D eigenvalue weighted by Crippen LogP contribution is -2.23. The molecule has 0 amide bonds. The molecule has 0 spiro atoms. The Morgan fingerprint density at radius 3 is 2.65 bits per heavy atom. The van der Waals surface area contributed by atoms with Crippen LogP contribution in [0.5, 0.6) is 11.5 Å². The van der Waals surface area contributed by atoms with E-state index in [2.05, 4.69) is 15.3 Å². The first-order valence-corrected chi connectivity index (χ1v) is 8.42. The smallest absolute Gasteiger partial charge is 0.196 e. The lowest BCUT2D eigenvalue weighted by atomic mass is 10.2. The highest BCUT2D eigenvalue weighted by Gasteiger charge is 2.14. The van der Waals surface area contributed by atoms with Crippen molar-refractivity contribution in [3.8, 4) is 11.5 Å². The summed E-state index contributed by atoms with van der Waals surface area (Å²) >= 11 is 0. The van der Waals surface area contributed by atoms with Crippen molar-refractivity contribution in [3.05, 3.63) is 54.9 Å². The van der Waals surface area contributed by atoms with Gasteiger partial charge in [0.05, 0.1) is 13.7 Å². The largest absolute Gasteiger partial charge is 0.493 e. The van der Waals surface area contributed by atoms with Crippen molar-refractivity contribution < 1.29 is 13.9 Å². The fourth-order valence-electron chi connectivity index (χ4n) is 2.86. The Labute approximate surface area is 150 Å². The molecule has 0 aliphatic carbocycles. The summed E-state index contributed by atoms with van der Waals surface area (Å²) in [5, 5.41) is 4.27. The molecule has 132 valence electrons. The van der Waals surface area contributed by atoms with Gasteiger partial charge in [0.2, 0.25) is 0 Å². The number of ether oxygens (including phenoxy) is 2. The Balaban J connectivity index is 1.52. The topological polar surface area (TPSA) is 69.4 Å². The van der Waals surface area contributed by atoms with Gasteiger partial charge in [-0.1, -0.05) is 24.3 Å². The molecular formula is C20H19N3O3. The first kappa shape index (κ1) is 16.2. The molecule has 0 saturated heterocycles. The van der Waals surface area contributed by atoms with Crippen molar-refractivity contribution in [2.45, 2.75) is 13.0 Å². The summed E-state index contributed by atoms with van der Waals surface area (Å²) in [6, 6.07) is 15.4. The maximum Gasteiger partial charge on any atom is 0.196 e. The monoisotopic (exact) mass is 349 g/mol. The van der Waals surface area contributed by atoms with E-state index in [0.29, 0.717) is 29.4 Å². The maximum absolute atomic E-state index is 5.97. The molecule has 2 aromatic heterocycles. The lowest BCUT2D eigenvalue weighted by molar-refractivity contribution is 0.223. The first-order valence-electron chi connectivity index (χ1n) is 8.42. The molecule has 0 aliphatic heterocycles. The molecular weight excluding hydrogens is 330 g/mol. The van der Waals surface area contributed by atoms with Gasteiger partial charge in [0, 0.05) is 5.39 Å². The highest BCUT2D eigenvalue weighted by Crippen LogP contribution is 2.30. The molecule has 1 atom stereocenters. The van der Waals surface area contributed by atoms with E-state index < -0.39 is 0 Å². The van der Waals surface area contributed by atoms with Crippen molar-refractivity contribution >= 4 is 27.9 Å². The molecule has 2 heterocycles. The van der Waals surface area contributed by atoms with Crippen LogP contribution in [0.15, 0.2) is 59.3 Å². The Hall–Kier alpha value is -3.28. The molecule has 6 nitrogen and oxygen atoms in total. The van der Waals surface area contributed by atoms with Crippen LogP contribution in [0.25, 0.3) is 22.1 Å². The van der Waals surface area contributed by atoms with Crippen LogP contribution in [0.3, 0.4) is 0 Å². The van der Waals surface area contributed by atoms with E-state index in [9.17, 15) is 0 Å². The number of anilines is 1. The second-order valence-corrected chi connectivity index (χ2v) is 5.96. The summed E-state index contributed by atoms with van der Waals surface area (Å²) in [5.74, 6) is 2.07. The Morgan fingerprint density at radius 2 is 1.81 bits per heavy atom. The normalized spacial score (nSPS) is 12.2. The quantitative estimate of drug-likeness (QED) is 0.561. The van der Waals surface area contributed by atoms with Gasteiger partial charge in [0.1, 0.15) is 23.5 Å². The van der Waals surface area contributed by atoms with E-state index in [4.69, 9.17) is 13.9 Å². The van der Waals surface area contributed by atoms with Gasteiger partial charge in [-0.3, -0.25) is 0 Å². The van der Waals surface area contributed by atoms with Gasteiger partial charge in [-0.15, -0.1) is 0 Å². The molecule has 6 heteroatoms. The van der Waals surface area contributed by atoms with Gasteiger partial charge in [0.25, 0.3) is 0 Å². The van der Waals surface area contributed by atoms with Crippen LogP contribution in [-0.4, -0.2) is 29.7 Å². The number of rotatable bonds is 6. The minimum absolute atomic E-state index is 0.0966. The van der Waals surface area contributed by atoms with Gasteiger partial charge in [0.15, 0.2) is 22.9 Å². The Morgan fingerprint density at radius 1 is 1.04 bits per heavy atom. The Kier molecular flexibility index (Phi) is 4.31. The van der Waals surface area contributed by atoms with Crippen LogP contribution >= 0.6 is 0 Å². The fraction of sp³-hybridized carbons (Fsp3) is 0.200. The van der Waals surface area contributed by atoms with E-state index in [-0.39, 0.29) is 6.10 Å². The van der Waals surface area contributed by atoms with Crippen LogP contribution in [0.4, 0.5) is 5.82 Å². The van der Waals surface area contributed by atoms with Crippen LogP contribution in [0.1, 0.15) is 6.92 Å². The number of hydrogen-bond donors (Lipinski definition) is 1. The average Bonchev–Trinajstić information content (AvgIpc) is 3.06. The first-order chi connectivity index (χ1) is 12.8. The minimum atomic E-state index is -0.0966. The summed E-state index contributed by atoms with van der Waals surface area (Å²) in [7, 11) is 1.63. The number of methoxy groups -OCH3 is 1. The van der Waals surface area contributed by atoms with Crippen LogP contribution in [0, 0.1) is 0 Å². The molecule has 4 aromatic rings. The molecule has 1 N–H and O–H groups in total. The van der Waals surface area contributed by atoms with E-state index in [1.165, 1.54) is 0 Å². The second-order valence-electron chi connectivity index (χ2n) is 5.96. The third-order valence-corrected chi connectivity index (χ3v) is 4.11. The molecule has 0 aliphatic rings. The van der Waals surface area contributed by atoms with E-state index in [1.807, 2.05) is 55.5 Å². The molecule has 4 rings (SSSR count). The lowest BCUT2D eigenvalue weighted by Gasteiger charge is -2.17. The summed E-state index contributed by atoms with van der Waals surface area (Å²) < 4.78 is 17.2. The van der Waals surface area contributed by atoms with E-state index in [0.717, 1.165) is 16.5 Å². The predicted octanol–water partition coefficient (Wildman–Crippen LogP) is 4.26. The predicted molar refractivity (Wildman–Crippen MR) is 101 cm³/mol. The van der Waals surface area contributed by atoms with Crippen LogP contribution in [0.2, 0.25) is 0 Å². The Bertz CT molecular complexity index is 1040. The molecule has 0 bridgehead atoms. The minimum Gasteiger partial charge on any atom is -0.493 e. The number of aromatic nitrogens is 2. The maximum atomic E-state index is 5.97. The zero-order valence-corrected chi connectivity index (χ0v) is 14.6. The molecule has 0 fully saturated rings. The molecule has 0 radical (unpaired) electrons. The molecule has 1 unspecified atom stereocenters. The molecule has 2 aromatic carbocycles. The standard InChI is InChI=1S/C20H19N3O3/c1-13(25-17-10-6-5-9-16(17)24-2)11-21-20-19-18(22-12-23-20)14-7-3-4-8-15(14)26-19/h3-10,12-13H,11H2,1-2H3,(H,21,22,23). The molecule has 26 heavy (non-hydrogen) atoms. The summed E-state index contributed by atoms with van der Waals surface area (Å²) in [6.07, 6.45) is 1.44. The number of para-hydroxylation sites is 3. The zero-order chi connectivity index (χ0) is 17.9. The number of fused-ring (bicyclic) bond motifs is 3. The summed E-state index contributed by atoms with van der Waals surface area (Å²) in [4.78, 5) is 8.67. The zero-order valence-electron chi connectivity index (χ0n) is 14.6. The van der Waals surface area contributed by atoms with Crippen molar-refractivity contribution in [3.63, 3.8) is 0 Å². The number of nitrogens with zero attached hydrogens (tertiary/aromatic N) is 2. The van der Waals surface area contributed by atoms with Gasteiger partial charge < -0.3 is 19.2 Å². The van der Waals surface area contributed by atoms with Crippen LogP contribution in [-0.2, 0) is 0 Å². The number of hydrogen-bond acceptors (Lipinski definition) is 6. The van der Waals surface area contributed by atoms with Gasteiger partial charge in [-0.25, -0.2) is 9.97 Å². The van der Waals surface area contributed by atoms with Crippen LogP contribution < -0.4 is 14.8 Å². The van der Waals surface area contributed by atoms with Gasteiger partial charge >= 0.3 is 0 Å². The van der Waals surface area contributed by atoms with E-state index in [1.54, 1.807) is 13.4 Å². The average molecular weight is 349 g/mol. The van der Waals surface area contributed by atoms with Gasteiger partial charge in [-0.2, -0.15) is 0 Å². The highest BCUT2D eigenvalue weighted by atomic mass is 16.5. The fourth-order valence-corrected chi connectivity index (χ4v) is 2.86. The van der Waals surface area contributed by atoms with Crippen molar-refractivity contribution in [2.24, 2.45) is 0 Å². The number of nitrogens with one attached hydrogen (secondary N) is 1. The van der Waals surface area contributed by atoms with Crippen molar-refractivity contribution in [2.75, 3.05) is 19.0 Å². The number of furan rings is 1. The number of benzene rings is 2. The van der Waals surface area contributed by atoms with Gasteiger partial charge in [-0.05, 0) is 31.2 Å². The third-order valence-electron chi connectivity index (χ3n) is 4.11. The third kappa shape index (κ3) is 3.01. The summed E-state index contributed by atoms with van der Waals surface area (Å²) in [5.41, 5.74) is 2.25. The van der Waals surface area contributed by atoms with E-state index >= 15 is 0 Å².